The van der Waals surface area contributed by atoms with Crippen LogP contribution >= 0.6 is 11.8 Å². The maximum absolute atomic E-state index is 13.6. The maximum Gasteiger partial charge on any atom is 0.408 e. The number of benzene rings is 1. The van der Waals surface area contributed by atoms with Gasteiger partial charge in [0.25, 0.3) is 0 Å². The van der Waals surface area contributed by atoms with Crippen molar-refractivity contribution in [1.82, 2.24) is 21.3 Å². The largest absolute Gasteiger partial charge is 0.467 e. The molecule has 4 amide bonds. The van der Waals surface area contributed by atoms with Gasteiger partial charge in [-0.25, -0.2) is 19.2 Å². The molecule has 0 unspecified atom stereocenters. The van der Waals surface area contributed by atoms with E-state index in [1.54, 1.807) is 20.8 Å². The number of thioether (sulfide) groups is 1. The second kappa shape index (κ2) is 29.8. The lowest BCUT2D eigenvalue weighted by molar-refractivity contribution is -0.146. The minimum absolute atomic E-state index is 0.0221. The van der Waals surface area contributed by atoms with E-state index < -0.39 is 65.6 Å². The van der Waals surface area contributed by atoms with Gasteiger partial charge in [0.1, 0.15) is 29.8 Å². The minimum atomic E-state index is -1.24. The van der Waals surface area contributed by atoms with Gasteiger partial charge in [-0.15, -0.1) is 0 Å². The molecule has 0 heterocycles. The van der Waals surface area contributed by atoms with Gasteiger partial charge in [-0.3, -0.25) is 14.4 Å². The zero-order valence-corrected chi connectivity index (χ0v) is 36.4. The monoisotopic (exact) mass is 836 g/mol. The predicted octanol–water partition coefficient (Wildman–Crippen LogP) is 5.31. The zero-order valence-electron chi connectivity index (χ0n) is 35.6. The van der Waals surface area contributed by atoms with Crippen LogP contribution in [0, 0.1) is 0 Å². The van der Waals surface area contributed by atoms with E-state index in [1.807, 2.05) is 30.3 Å². The molecule has 1 rings (SSSR count). The van der Waals surface area contributed by atoms with Gasteiger partial charge in [-0.05, 0) is 39.2 Å². The van der Waals surface area contributed by atoms with E-state index in [9.17, 15) is 33.6 Å². The Hall–Kier alpha value is -4.34. The first-order valence-corrected chi connectivity index (χ1v) is 21.5. The van der Waals surface area contributed by atoms with Crippen molar-refractivity contribution in [1.29, 1.82) is 0 Å². The van der Waals surface area contributed by atoms with Crippen LogP contribution in [-0.4, -0.2) is 104 Å². The molecule has 0 fully saturated rings. The lowest BCUT2D eigenvalue weighted by Crippen LogP contribution is -2.53. The van der Waals surface area contributed by atoms with E-state index in [4.69, 9.17) is 18.9 Å². The Bertz CT molecular complexity index is 1410. The van der Waals surface area contributed by atoms with Gasteiger partial charge in [0.05, 0.1) is 21.3 Å². The third kappa shape index (κ3) is 23.8. The van der Waals surface area contributed by atoms with Crippen LogP contribution in [0.3, 0.4) is 0 Å². The Morgan fingerprint density at radius 3 is 1.57 bits per heavy atom. The van der Waals surface area contributed by atoms with Crippen molar-refractivity contribution in [2.24, 2.45) is 0 Å². The number of carbonyl (C=O) groups is 7. The van der Waals surface area contributed by atoms with E-state index in [1.165, 1.54) is 44.9 Å². The van der Waals surface area contributed by atoms with Crippen LogP contribution in [0.2, 0.25) is 0 Å². The van der Waals surface area contributed by atoms with Crippen LogP contribution in [0.15, 0.2) is 30.3 Å². The third-order valence-electron chi connectivity index (χ3n) is 8.97. The number of nitrogens with one attached hydrogen (secondary N) is 4. The topological polar surface area (TPSA) is 205 Å². The van der Waals surface area contributed by atoms with Gasteiger partial charge >= 0.3 is 24.0 Å². The molecular weight excluding hydrogens is 769 g/mol. The predicted molar refractivity (Wildman–Crippen MR) is 223 cm³/mol. The molecule has 328 valence electrons. The highest BCUT2D eigenvalue weighted by Gasteiger charge is 2.30. The molecule has 0 spiro atoms. The van der Waals surface area contributed by atoms with E-state index in [-0.39, 0.29) is 43.1 Å². The van der Waals surface area contributed by atoms with Crippen LogP contribution in [0.25, 0.3) is 0 Å². The summed E-state index contributed by atoms with van der Waals surface area (Å²) >= 11 is 1.07. The summed E-state index contributed by atoms with van der Waals surface area (Å²) < 4.78 is 19.8. The summed E-state index contributed by atoms with van der Waals surface area (Å²) in [5.74, 6) is -3.87. The van der Waals surface area contributed by atoms with Crippen molar-refractivity contribution in [2.75, 3.05) is 32.8 Å². The number of hydrogen-bond acceptors (Lipinski definition) is 12. The van der Waals surface area contributed by atoms with Crippen molar-refractivity contribution in [3.05, 3.63) is 35.9 Å². The molecule has 0 aromatic heterocycles. The summed E-state index contributed by atoms with van der Waals surface area (Å²) in [7, 11) is 3.47. The SMILES string of the molecule is CCCCCCCCCCCCCC(=O)N[C@@H](Cc1ccccc1)C(=O)N[C@H](CCC(=O)N[C@H](CSC[C@H](NC(=O)OC(C)(C)C)C(=O)OC)C(=O)OC)C(=O)OC. The molecule has 1 aromatic carbocycles. The molecule has 0 aliphatic rings. The van der Waals surface area contributed by atoms with Crippen LogP contribution in [-0.2, 0) is 54.1 Å². The van der Waals surface area contributed by atoms with Crippen molar-refractivity contribution in [3.8, 4) is 0 Å². The summed E-state index contributed by atoms with van der Waals surface area (Å²) in [4.78, 5) is 89.7. The van der Waals surface area contributed by atoms with Gasteiger partial charge in [0.2, 0.25) is 17.7 Å². The van der Waals surface area contributed by atoms with Gasteiger partial charge < -0.3 is 40.2 Å². The Kier molecular flexibility index (Phi) is 26.6. The fraction of sp³-hybridized carbons (Fsp3) is 0.690. The number of carbonyl (C=O) groups excluding carboxylic acids is 7. The lowest BCUT2D eigenvalue weighted by Gasteiger charge is -2.23. The maximum atomic E-state index is 13.6. The molecular formula is C42H68N4O11S. The molecule has 1 aromatic rings. The highest BCUT2D eigenvalue weighted by atomic mass is 32.2. The van der Waals surface area contributed by atoms with Gasteiger partial charge in [-0.1, -0.05) is 101 Å². The standard InChI is InChI=1S/C42H68N4O11S/c1-8-9-10-11-12-13-14-15-16-17-21-24-35(47)43-32(27-30-22-19-18-20-23-30)37(49)45-31(38(50)54-5)25-26-36(48)44-33(39(51)55-6)28-58-29-34(40(52)56-7)46-41(53)57-42(2,3)4/h18-20,22-23,31-34H,8-17,21,24-29H2,1-7H3,(H,43,47)(H,44,48)(H,45,49)(H,46,53)/t31-,32+,33-,34+/m1/s1. The normalized spacial score (nSPS) is 13.2. The van der Waals surface area contributed by atoms with Crippen molar-refractivity contribution < 1.29 is 52.5 Å². The second-order valence-corrected chi connectivity index (χ2v) is 16.2. The fourth-order valence-corrected chi connectivity index (χ4v) is 6.90. The second-order valence-electron chi connectivity index (χ2n) is 15.1. The number of ether oxygens (including phenoxy) is 4. The van der Waals surface area contributed by atoms with Gasteiger partial charge in [0, 0.05) is 30.8 Å². The Labute approximate surface area is 348 Å². The Balaban J connectivity index is 2.82. The van der Waals surface area contributed by atoms with E-state index in [0.717, 1.165) is 57.9 Å². The summed E-state index contributed by atoms with van der Waals surface area (Å²) in [6.45, 7) is 7.22. The van der Waals surface area contributed by atoms with Crippen LogP contribution in [0.5, 0.6) is 0 Å². The number of esters is 3. The molecule has 15 nitrogen and oxygen atoms in total. The zero-order chi connectivity index (χ0) is 43.3. The molecule has 0 saturated heterocycles. The van der Waals surface area contributed by atoms with Gasteiger partial charge in [-0.2, -0.15) is 11.8 Å². The average Bonchev–Trinajstić information content (AvgIpc) is 3.19. The van der Waals surface area contributed by atoms with Crippen molar-refractivity contribution in [2.45, 2.75) is 154 Å². The summed E-state index contributed by atoms with van der Waals surface area (Å²) in [5.41, 5.74) is -0.00349. The van der Waals surface area contributed by atoms with E-state index >= 15 is 0 Å². The van der Waals surface area contributed by atoms with Crippen LogP contribution < -0.4 is 21.3 Å². The smallest absolute Gasteiger partial charge is 0.408 e. The molecule has 0 bridgehead atoms. The molecule has 0 radical (unpaired) electrons. The molecule has 0 aliphatic heterocycles. The van der Waals surface area contributed by atoms with Gasteiger partial charge in [0.15, 0.2) is 0 Å². The third-order valence-corrected chi connectivity index (χ3v) is 10.1. The van der Waals surface area contributed by atoms with E-state index in [2.05, 4.69) is 28.2 Å². The van der Waals surface area contributed by atoms with Crippen LogP contribution in [0.4, 0.5) is 4.79 Å². The summed E-state index contributed by atoms with van der Waals surface area (Å²) in [6.07, 6.45) is 11.8. The number of amides is 4. The van der Waals surface area contributed by atoms with Crippen LogP contribution in [0.1, 0.15) is 123 Å². The first kappa shape index (κ1) is 51.7. The Morgan fingerprint density at radius 1 is 0.586 bits per heavy atom. The number of rotatable bonds is 29. The molecule has 4 atom stereocenters. The van der Waals surface area contributed by atoms with Crippen molar-refractivity contribution in [3.63, 3.8) is 0 Å². The molecule has 4 N–H and O–H groups in total. The number of alkyl carbamates (subject to hydrolysis) is 1. The lowest BCUT2D eigenvalue weighted by atomic mass is 10.0. The summed E-state index contributed by atoms with van der Waals surface area (Å²) in [5, 5.41) is 10.5. The average molecular weight is 837 g/mol. The highest BCUT2D eigenvalue weighted by Crippen LogP contribution is 2.14. The summed E-state index contributed by atoms with van der Waals surface area (Å²) in [6, 6.07) is 4.66. The molecule has 0 saturated carbocycles. The number of unbranched alkanes of at least 4 members (excludes halogenated alkanes) is 10. The molecule has 16 heteroatoms. The molecule has 0 aliphatic carbocycles. The Morgan fingerprint density at radius 2 is 1.05 bits per heavy atom. The van der Waals surface area contributed by atoms with E-state index in [0.29, 0.717) is 6.42 Å². The number of methoxy groups -OCH3 is 3. The minimum Gasteiger partial charge on any atom is -0.467 e. The first-order valence-electron chi connectivity index (χ1n) is 20.4. The molecule has 58 heavy (non-hydrogen) atoms. The highest BCUT2D eigenvalue weighted by molar-refractivity contribution is 7.99. The number of hydrogen-bond donors (Lipinski definition) is 4. The van der Waals surface area contributed by atoms with Crippen molar-refractivity contribution >= 4 is 53.5 Å². The first-order chi connectivity index (χ1) is 27.6. The fourth-order valence-electron chi connectivity index (χ4n) is 5.86. The quantitative estimate of drug-likeness (QED) is 0.0461.